The molecule has 0 spiro atoms. The Morgan fingerprint density at radius 2 is 2.05 bits per heavy atom. The molecule has 0 N–H and O–H groups in total. The van der Waals surface area contributed by atoms with Crippen LogP contribution in [0.3, 0.4) is 0 Å². The van der Waals surface area contributed by atoms with Crippen molar-refractivity contribution < 1.29 is 19.2 Å². The van der Waals surface area contributed by atoms with Gasteiger partial charge in [-0.15, -0.1) is 0 Å². The van der Waals surface area contributed by atoms with Gasteiger partial charge in [0.1, 0.15) is 5.41 Å². The first kappa shape index (κ1) is 16.1. The summed E-state index contributed by atoms with van der Waals surface area (Å²) in [5, 5.41) is 11.1. The lowest BCUT2D eigenvalue weighted by molar-refractivity contribution is -0.485. The van der Waals surface area contributed by atoms with Crippen LogP contribution in [0, 0.1) is 15.5 Å². The highest BCUT2D eigenvalue weighted by Crippen LogP contribution is 2.46. The molecule has 1 aliphatic rings. The van der Waals surface area contributed by atoms with Gasteiger partial charge < -0.3 is 4.74 Å². The lowest BCUT2D eigenvalue weighted by Gasteiger charge is -2.38. The maximum absolute atomic E-state index is 12.6. The largest absolute Gasteiger partial charge is 0.468 e. The molecular weight excluding hydrogens is 286 g/mol. The number of hydrogen-bond acceptors (Lipinski definition) is 5. The van der Waals surface area contributed by atoms with Crippen LogP contribution in [0.4, 0.5) is 0 Å². The SMILES string of the molecule is COC(=O)[C@@]1(C(C[N+](=O)[O-])c2ccccc2)CCCCC1=O. The van der Waals surface area contributed by atoms with E-state index in [0.717, 1.165) is 0 Å². The number of rotatable bonds is 5. The molecular formula is C16H19NO5. The van der Waals surface area contributed by atoms with Crippen LogP contribution in [0.25, 0.3) is 0 Å². The maximum Gasteiger partial charge on any atom is 0.320 e. The molecule has 0 radical (unpaired) electrons. The topological polar surface area (TPSA) is 86.5 Å². The standard InChI is InChI=1S/C16H19NO5/c1-22-15(19)16(10-6-5-9-14(16)18)13(11-17(20)21)12-7-3-2-4-8-12/h2-4,7-8,13H,5-6,9-11H2,1H3/t13?,16-/m1/s1. The van der Waals surface area contributed by atoms with E-state index in [1.165, 1.54) is 7.11 Å². The first-order valence-electron chi connectivity index (χ1n) is 7.31. The minimum Gasteiger partial charge on any atom is -0.468 e. The third kappa shape index (κ3) is 2.86. The summed E-state index contributed by atoms with van der Waals surface area (Å²) in [5.41, 5.74) is -0.818. The zero-order chi connectivity index (χ0) is 16.2. The smallest absolute Gasteiger partial charge is 0.320 e. The Bertz CT molecular complexity index is 561. The van der Waals surface area contributed by atoms with E-state index in [1.807, 2.05) is 0 Å². The Morgan fingerprint density at radius 3 is 2.59 bits per heavy atom. The molecule has 6 nitrogen and oxygen atoms in total. The van der Waals surface area contributed by atoms with E-state index in [0.29, 0.717) is 24.8 Å². The summed E-state index contributed by atoms with van der Waals surface area (Å²) >= 11 is 0. The molecule has 0 aromatic heterocycles. The minimum atomic E-state index is -1.44. The van der Waals surface area contributed by atoms with E-state index in [-0.39, 0.29) is 12.2 Å². The van der Waals surface area contributed by atoms with Gasteiger partial charge in [-0.05, 0) is 18.4 Å². The summed E-state index contributed by atoms with van der Waals surface area (Å²) in [6.45, 7) is -0.467. The van der Waals surface area contributed by atoms with Crippen molar-refractivity contribution in [3.63, 3.8) is 0 Å². The highest BCUT2D eigenvalue weighted by molar-refractivity contribution is 6.05. The first-order valence-corrected chi connectivity index (χ1v) is 7.31. The Morgan fingerprint density at radius 1 is 1.36 bits per heavy atom. The molecule has 0 amide bonds. The summed E-state index contributed by atoms with van der Waals surface area (Å²) in [5.74, 6) is -1.71. The number of benzene rings is 1. The Hall–Kier alpha value is -2.24. The van der Waals surface area contributed by atoms with Gasteiger partial charge in [-0.1, -0.05) is 36.8 Å². The van der Waals surface area contributed by atoms with Crippen molar-refractivity contribution in [1.82, 2.24) is 0 Å². The van der Waals surface area contributed by atoms with Crippen LogP contribution < -0.4 is 0 Å². The molecule has 2 rings (SSSR count). The molecule has 6 heteroatoms. The number of Topliss-reactive ketones (excluding diaryl/α,β-unsaturated/α-hetero) is 1. The Labute approximate surface area is 128 Å². The van der Waals surface area contributed by atoms with E-state index < -0.39 is 28.8 Å². The van der Waals surface area contributed by atoms with E-state index in [1.54, 1.807) is 30.3 Å². The highest BCUT2D eigenvalue weighted by Gasteiger charge is 2.55. The van der Waals surface area contributed by atoms with E-state index in [2.05, 4.69) is 0 Å². The lowest BCUT2D eigenvalue weighted by atomic mass is 9.63. The molecule has 118 valence electrons. The average Bonchev–Trinajstić information content (AvgIpc) is 2.53. The molecule has 0 bridgehead atoms. The van der Waals surface area contributed by atoms with Gasteiger partial charge in [0.2, 0.25) is 6.54 Å². The molecule has 1 fully saturated rings. The van der Waals surface area contributed by atoms with Crippen LogP contribution in [-0.2, 0) is 14.3 Å². The van der Waals surface area contributed by atoms with Crippen molar-refractivity contribution in [2.45, 2.75) is 31.6 Å². The number of nitro groups is 1. The average molecular weight is 305 g/mol. The molecule has 1 aromatic rings. The zero-order valence-corrected chi connectivity index (χ0v) is 12.5. The van der Waals surface area contributed by atoms with Crippen molar-refractivity contribution >= 4 is 11.8 Å². The van der Waals surface area contributed by atoms with Crippen LogP contribution in [0.1, 0.15) is 37.2 Å². The van der Waals surface area contributed by atoms with Gasteiger partial charge in [-0.25, -0.2) is 0 Å². The number of ether oxygens (including phenoxy) is 1. The minimum absolute atomic E-state index is 0.249. The number of ketones is 1. The van der Waals surface area contributed by atoms with Crippen molar-refractivity contribution in [2.24, 2.45) is 5.41 Å². The van der Waals surface area contributed by atoms with E-state index in [9.17, 15) is 19.7 Å². The molecule has 2 atom stereocenters. The van der Waals surface area contributed by atoms with E-state index in [4.69, 9.17) is 4.74 Å². The quantitative estimate of drug-likeness (QED) is 0.361. The van der Waals surface area contributed by atoms with Crippen LogP contribution in [0.2, 0.25) is 0 Å². The second-order valence-corrected chi connectivity index (χ2v) is 5.57. The first-order chi connectivity index (χ1) is 10.5. The molecule has 22 heavy (non-hydrogen) atoms. The van der Waals surface area contributed by atoms with Crippen molar-refractivity contribution in [3.8, 4) is 0 Å². The van der Waals surface area contributed by atoms with Gasteiger partial charge in [0, 0.05) is 11.3 Å². The zero-order valence-electron chi connectivity index (χ0n) is 12.5. The van der Waals surface area contributed by atoms with Crippen molar-refractivity contribution in [3.05, 3.63) is 46.0 Å². The van der Waals surface area contributed by atoms with Crippen LogP contribution >= 0.6 is 0 Å². The molecule has 0 saturated heterocycles. The predicted octanol–water partition coefficient (Wildman–Crippen LogP) is 2.35. The fraction of sp³-hybridized carbons (Fsp3) is 0.500. The predicted molar refractivity (Wildman–Crippen MR) is 79.0 cm³/mol. The van der Waals surface area contributed by atoms with E-state index >= 15 is 0 Å². The number of methoxy groups -OCH3 is 1. The fourth-order valence-corrected chi connectivity index (χ4v) is 3.34. The molecule has 0 aliphatic heterocycles. The molecule has 0 heterocycles. The van der Waals surface area contributed by atoms with Crippen LogP contribution in [0.5, 0.6) is 0 Å². The second-order valence-electron chi connectivity index (χ2n) is 5.57. The summed E-state index contributed by atoms with van der Waals surface area (Å²) in [4.78, 5) is 35.7. The van der Waals surface area contributed by atoms with Crippen molar-refractivity contribution in [1.29, 1.82) is 0 Å². The number of carbonyl (C=O) groups is 2. The Kier molecular flexibility index (Phi) is 4.90. The fourth-order valence-electron chi connectivity index (χ4n) is 3.34. The maximum atomic E-state index is 12.6. The van der Waals surface area contributed by atoms with Gasteiger partial charge in [-0.2, -0.15) is 0 Å². The van der Waals surface area contributed by atoms with Gasteiger partial charge in [0.25, 0.3) is 0 Å². The monoisotopic (exact) mass is 305 g/mol. The van der Waals surface area contributed by atoms with Gasteiger partial charge in [0.15, 0.2) is 5.78 Å². The second kappa shape index (κ2) is 6.68. The summed E-state index contributed by atoms with van der Waals surface area (Å²) in [7, 11) is 1.22. The summed E-state index contributed by atoms with van der Waals surface area (Å²) in [6, 6.07) is 8.74. The number of esters is 1. The number of nitrogens with zero attached hydrogens (tertiary/aromatic N) is 1. The lowest BCUT2D eigenvalue weighted by Crippen LogP contribution is -2.49. The van der Waals surface area contributed by atoms with Crippen molar-refractivity contribution in [2.75, 3.05) is 13.7 Å². The normalized spacial score (nSPS) is 22.9. The van der Waals surface area contributed by atoms with Crippen LogP contribution in [0.15, 0.2) is 30.3 Å². The number of carbonyl (C=O) groups excluding carboxylic acids is 2. The number of hydrogen-bond donors (Lipinski definition) is 0. The highest BCUT2D eigenvalue weighted by atomic mass is 16.6. The third-order valence-electron chi connectivity index (χ3n) is 4.40. The van der Waals surface area contributed by atoms with Crippen LogP contribution in [-0.4, -0.2) is 30.3 Å². The third-order valence-corrected chi connectivity index (χ3v) is 4.40. The molecule has 1 unspecified atom stereocenters. The summed E-state index contributed by atoms with van der Waals surface area (Å²) < 4.78 is 4.87. The van der Waals surface area contributed by atoms with Gasteiger partial charge in [0.05, 0.1) is 13.0 Å². The Balaban J connectivity index is 2.55. The van der Waals surface area contributed by atoms with Gasteiger partial charge in [-0.3, -0.25) is 19.7 Å². The van der Waals surface area contributed by atoms with Gasteiger partial charge >= 0.3 is 5.97 Å². The summed E-state index contributed by atoms with van der Waals surface area (Å²) in [6.07, 6.45) is 1.95. The molecule has 1 aliphatic carbocycles. The molecule has 1 aromatic carbocycles. The molecule has 1 saturated carbocycles.